The van der Waals surface area contributed by atoms with Crippen LogP contribution in [0.5, 0.6) is 0 Å². The van der Waals surface area contributed by atoms with Crippen molar-refractivity contribution in [3.05, 3.63) is 45.3 Å². The quantitative estimate of drug-likeness (QED) is 0.794. The van der Waals surface area contributed by atoms with Crippen LogP contribution in [0.2, 0.25) is 15.2 Å². The number of hydrogen-bond acceptors (Lipinski definition) is 3. The van der Waals surface area contributed by atoms with Gasteiger partial charge in [0.2, 0.25) is 0 Å². The molecule has 0 amide bonds. The number of para-hydroxylation sites is 1. The minimum atomic E-state index is 0.393. The second-order valence-electron chi connectivity index (χ2n) is 3.96. The first-order chi connectivity index (χ1) is 9.10. The monoisotopic (exact) mass is 315 g/mol. The van der Waals surface area contributed by atoms with Crippen molar-refractivity contribution in [3.8, 4) is 0 Å². The van der Waals surface area contributed by atoms with Crippen molar-refractivity contribution in [2.24, 2.45) is 0 Å². The van der Waals surface area contributed by atoms with Crippen LogP contribution in [-0.4, -0.2) is 9.97 Å². The van der Waals surface area contributed by atoms with E-state index >= 15 is 0 Å². The Morgan fingerprint density at radius 2 is 1.79 bits per heavy atom. The van der Waals surface area contributed by atoms with Crippen LogP contribution in [0.15, 0.2) is 24.3 Å². The van der Waals surface area contributed by atoms with Crippen LogP contribution in [0.1, 0.15) is 19.2 Å². The van der Waals surface area contributed by atoms with Gasteiger partial charge in [-0.05, 0) is 18.6 Å². The predicted molar refractivity (Wildman–Crippen MR) is 80.8 cm³/mol. The predicted octanol–water partition coefficient (Wildman–Crippen LogP) is 5.13. The molecule has 0 aliphatic carbocycles. The number of rotatable bonds is 4. The summed E-state index contributed by atoms with van der Waals surface area (Å²) >= 11 is 18.2. The third-order valence-corrected chi connectivity index (χ3v) is 3.25. The Morgan fingerprint density at radius 1 is 1.11 bits per heavy atom. The Kier molecular flexibility index (Phi) is 4.86. The summed E-state index contributed by atoms with van der Waals surface area (Å²) in [6.07, 6.45) is 1.72. The van der Waals surface area contributed by atoms with Crippen molar-refractivity contribution in [1.82, 2.24) is 9.97 Å². The Bertz CT molecular complexity index is 567. The van der Waals surface area contributed by atoms with Crippen molar-refractivity contribution in [1.29, 1.82) is 0 Å². The van der Waals surface area contributed by atoms with Gasteiger partial charge in [-0.3, -0.25) is 0 Å². The third kappa shape index (κ3) is 3.72. The van der Waals surface area contributed by atoms with Gasteiger partial charge in [-0.15, -0.1) is 0 Å². The van der Waals surface area contributed by atoms with Crippen LogP contribution in [0, 0.1) is 0 Å². The van der Waals surface area contributed by atoms with Crippen molar-refractivity contribution < 1.29 is 0 Å². The van der Waals surface area contributed by atoms with E-state index in [1.54, 1.807) is 24.3 Å². The van der Waals surface area contributed by atoms with E-state index < -0.39 is 0 Å². The highest BCUT2D eigenvalue weighted by Gasteiger charge is 2.08. The molecule has 0 saturated carbocycles. The smallest absolute Gasteiger partial charge is 0.135 e. The van der Waals surface area contributed by atoms with Crippen LogP contribution in [-0.2, 0) is 6.42 Å². The van der Waals surface area contributed by atoms with Crippen LogP contribution in [0.25, 0.3) is 0 Å². The lowest BCUT2D eigenvalue weighted by Crippen LogP contribution is -2.01. The Hall–Kier alpha value is -1.03. The molecule has 0 aliphatic heterocycles. The highest BCUT2D eigenvalue weighted by Crippen LogP contribution is 2.32. The zero-order chi connectivity index (χ0) is 13.8. The lowest BCUT2D eigenvalue weighted by Gasteiger charge is -2.10. The first-order valence-corrected chi connectivity index (χ1v) is 6.98. The topological polar surface area (TPSA) is 37.8 Å². The summed E-state index contributed by atoms with van der Waals surface area (Å²) in [7, 11) is 0. The molecule has 0 radical (unpaired) electrons. The largest absolute Gasteiger partial charge is 0.338 e. The minimum Gasteiger partial charge on any atom is -0.338 e. The second kappa shape index (κ2) is 6.42. The van der Waals surface area contributed by atoms with Gasteiger partial charge in [0.1, 0.15) is 16.8 Å². The Balaban J connectivity index is 2.33. The van der Waals surface area contributed by atoms with E-state index in [0.29, 0.717) is 32.5 Å². The molecular formula is C13H12Cl3N3. The number of hydrogen-bond donors (Lipinski definition) is 1. The summed E-state index contributed by atoms with van der Waals surface area (Å²) in [5.41, 5.74) is 0.614. The summed E-state index contributed by atoms with van der Waals surface area (Å²) in [4.78, 5) is 8.54. The van der Waals surface area contributed by atoms with Gasteiger partial charge < -0.3 is 5.32 Å². The SMILES string of the molecule is CCCc1nc(Cl)cc(Nc2c(Cl)cccc2Cl)n1. The molecule has 0 saturated heterocycles. The fraction of sp³-hybridized carbons (Fsp3) is 0.231. The van der Waals surface area contributed by atoms with Gasteiger partial charge in [-0.1, -0.05) is 47.8 Å². The number of nitrogens with zero attached hydrogens (tertiary/aromatic N) is 2. The number of aryl methyl sites for hydroxylation is 1. The van der Waals surface area contributed by atoms with Gasteiger partial charge in [0, 0.05) is 12.5 Å². The molecule has 0 fully saturated rings. The van der Waals surface area contributed by atoms with Crippen molar-refractivity contribution >= 4 is 46.3 Å². The van der Waals surface area contributed by atoms with Crippen molar-refractivity contribution in [3.63, 3.8) is 0 Å². The van der Waals surface area contributed by atoms with Crippen LogP contribution < -0.4 is 5.32 Å². The number of nitrogens with one attached hydrogen (secondary N) is 1. The maximum absolute atomic E-state index is 6.10. The first-order valence-electron chi connectivity index (χ1n) is 5.84. The molecule has 0 unspecified atom stereocenters. The number of aromatic nitrogens is 2. The molecule has 0 spiro atoms. The molecule has 1 N–H and O–H groups in total. The van der Waals surface area contributed by atoms with Crippen LogP contribution in [0.4, 0.5) is 11.5 Å². The second-order valence-corrected chi connectivity index (χ2v) is 5.17. The molecule has 1 heterocycles. The maximum atomic E-state index is 6.10. The molecule has 1 aromatic carbocycles. The molecule has 3 nitrogen and oxygen atoms in total. The maximum Gasteiger partial charge on any atom is 0.135 e. The fourth-order valence-electron chi connectivity index (χ4n) is 1.61. The molecule has 100 valence electrons. The molecule has 1 aromatic heterocycles. The van der Waals surface area contributed by atoms with E-state index in [0.717, 1.165) is 12.8 Å². The third-order valence-electron chi connectivity index (χ3n) is 2.43. The summed E-state index contributed by atoms with van der Waals surface area (Å²) in [6, 6.07) is 6.93. The van der Waals surface area contributed by atoms with Gasteiger partial charge in [-0.2, -0.15) is 0 Å². The minimum absolute atomic E-state index is 0.393. The lowest BCUT2D eigenvalue weighted by molar-refractivity contribution is 0.837. The highest BCUT2D eigenvalue weighted by atomic mass is 35.5. The summed E-state index contributed by atoms with van der Waals surface area (Å²) in [5, 5.41) is 4.53. The van der Waals surface area contributed by atoms with Crippen LogP contribution >= 0.6 is 34.8 Å². The highest BCUT2D eigenvalue weighted by molar-refractivity contribution is 6.39. The van der Waals surface area contributed by atoms with E-state index in [1.807, 2.05) is 0 Å². The first kappa shape index (κ1) is 14.4. The lowest BCUT2D eigenvalue weighted by atomic mass is 10.3. The van der Waals surface area contributed by atoms with Gasteiger partial charge in [0.15, 0.2) is 0 Å². The number of halogens is 3. The van der Waals surface area contributed by atoms with E-state index in [9.17, 15) is 0 Å². The average molecular weight is 317 g/mol. The zero-order valence-electron chi connectivity index (χ0n) is 10.3. The molecule has 0 atom stereocenters. The molecule has 6 heteroatoms. The molecule has 19 heavy (non-hydrogen) atoms. The van der Waals surface area contributed by atoms with E-state index in [4.69, 9.17) is 34.8 Å². The van der Waals surface area contributed by atoms with Gasteiger partial charge in [0.05, 0.1) is 15.7 Å². The van der Waals surface area contributed by atoms with Crippen molar-refractivity contribution in [2.45, 2.75) is 19.8 Å². The molecule has 2 aromatic rings. The zero-order valence-corrected chi connectivity index (χ0v) is 12.5. The molecule has 2 rings (SSSR count). The fourth-order valence-corrected chi connectivity index (χ4v) is 2.30. The van der Waals surface area contributed by atoms with Gasteiger partial charge >= 0.3 is 0 Å². The Morgan fingerprint density at radius 3 is 2.42 bits per heavy atom. The molecule has 0 bridgehead atoms. The van der Waals surface area contributed by atoms with Crippen LogP contribution in [0.3, 0.4) is 0 Å². The summed E-state index contributed by atoms with van der Waals surface area (Å²) in [6.45, 7) is 2.06. The number of benzene rings is 1. The standard InChI is InChI=1S/C13H12Cl3N3/c1-2-4-11-17-10(16)7-12(18-11)19-13-8(14)5-3-6-9(13)15/h3,5-7H,2,4H2,1H3,(H,17,18,19). The van der Waals surface area contributed by atoms with Crippen molar-refractivity contribution in [2.75, 3.05) is 5.32 Å². The summed E-state index contributed by atoms with van der Waals surface area (Å²) < 4.78 is 0. The van der Waals surface area contributed by atoms with E-state index in [-0.39, 0.29) is 0 Å². The van der Waals surface area contributed by atoms with E-state index in [1.165, 1.54) is 0 Å². The van der Waals surface area contributed by atoms with E-state index in [2.05, 4.69) is 22.2 Å². The summed E-state index contributed by atoms with van der Waals surface area (Å²) in [5.74, 6) is 1.28. The molecular weight excluding hydrogens is 305 g/mol. The number of anilines is 2. The average Bonchev–Trinajstić information content (AvgIpc) is 2.34. The Labute approximate surface area is 126 Å². The van der Waals surface area contributed by atoms with Gasteiger partial charge in [-0.25, -0.2) is 9.97 Å². The molecule has 0 aliphatic rings. The van der Waals surface area contributed by atoms with Gasteiger partial charge in [0.25, 0.3) is 0 Å². The normalized spacial score (nSPS) is 10.5.